The average Bonchev–Trinajstić information content (AvgIpc) is 3.58. The van der Waals surface area contributed by atoms with Crippen molar-refractivity contribution in [3.8, 4) is 0 Å². The Labute approximate surface area is 195 Å². The Morgan fingerprint density at radius 2 is 1.79 bits per heavy atom. The van der Waals surface area contributed by atoms with Crippen molar-refractivity contribution in [2.75, 3.05) is 26.2 Å². The minimum atomic E-state index is -0.548. The molecular formula is C26H25FN4O3. The number of aromatic nitrogens is 2. The zero-order valence-electron chi connectivity index (χ0n) is 18.7. The quantitative estimate of drug-likeness (QED) is 0.649. The fraction of sp³-hybridized carbons (Fsp3) is 0.385. The predicted octanol–water partition coefficient (Wildman–Crippen LogP) is 2.74. The maximum absolute atomic E-state index is 14.7. The van der Waals surface area contributed by atoms with Gasteiger partial charge in [-0.05, 0) is 43.0 Å². The summed E-state index contributed by atoms with van der Waals surface area (Å²) < 4.78 is 14.7. The van der Waals surface area contributed by atoms with Crippen LogP contribution < -0.4 is 5.56 Å². The van der Waals surface area contributed by atoms with Crippen molar-refractivity contribution in [1.82, 2.24) is 20.0 Å². The molecule has 3 aliphatic rings. The monoisotopic (exact) mass is 460 g/mol. The summed E-state index contributed by atoms with van der Waals surface area (Å²) in [5.74, 6) is -0.407. The molecule has 2 amide bonds. The first-order valence-electron chi connectivity index (χ1n) is 11.8. The third kappa shape index (κ3) is 3.57. The second-order valence-electron chi connectivity index (χ2n) is 9.98. The smallest absolute Gasteiger partial charge is 0.272 e. The zero-order chi connectivity index (χ0) is 23.4. The highest BCUT2D eigenvalue weighted by atomic mass is 19.1. The number of carbonyl (C=O) groups is 2. The Bertz CT molecular complexity index is 1370. The predicted molar refractivity (Wildman–Crippen MR) is 124 cm³/mol. The van der Waals surface area contributed by atoms with E-state index in [0.717, 1.165) is 30.2 Å². The summed E-state index contributed by atoms with van der Waals surface area (Å²) in [5.41, 5.74) is 1.15. The standard InChI is InChI=1S/C26H25FN4O3/c27-21-8-5-16(12-22-18-3-1-2-4-19(18)23(32)29-28-22)11-20(21)25(34)30-10-9-26(13-30)14-31(15-26)24(33)17-6-7-17/h1-5,8,11,17H,6-7,9-10,12-15H2,(H,29,32). The van der Waals surface area contributed by atoms with Crippen LogP contribution in [0.25, 0.3) is 10.8 Å². The van der Waals surface area contributed by atoms with Gasteiger partial charge in [-0.25, -0.2) is 9.49 Å². The van der Waals surface area contributed by atoms with Gasteiger partial charge in [-0.15, -0.1) is 0 Å². The number of halogens is 1. The van der Waals surface area contributed by atoms with Crippen LogP contribution in [0.15, 0.2) is 47.3 Å². The fourth-order valence-corrected chi connectivity index (χ4v) is 5.39. The number of hydrogen-bond donors (Lipinski definition) is 1. The van der Waals surface area contributed by atoms with Gasteiger partial charge in [0, 0.05) is 49.3 Å². The van der Waals surface area contributed by atoms with Gasteiger partial charge < -0.3 is 9.80 Å². The molecule has 0 bridgehead atoms. The van der Waals surface area contributed by atoms with Crippen molar-refractivity contribution in [3.05, 3.63) is 75.5 Å². The molecule has 0 radical (unpaired) electrons. The van der Waals surface area contributed by atoms with Crippen LogP contribution in [0.4, 0.5) is 4.39 Å². The Morgan fingerprint density at radius 3 is 2.56 bits per heavy atom. The minimum Gasteiger partial charge on any atom is -0.341 e. The van der Waals surface area contributed by atoms with Crippen molar-refractivity contribution in [2.45, 2.75) is 25.7 Å². The van der Waals surface area contributed by atoms with E-state index in [1.54, 1.807) is 29.2 Å². The number of nitrogens with zero attached hydrogens (tertiary/aromatic N) is 3. The van der Waals surface area contributed by atoms with Gasteiger partial charge in [0.2, 0.25) is 5.91 Å². The third-order valence-corrected chi connectivity index (χ3v) is 7.42. The van der Waals surface area contributed by atoms with Gasteiger partial charge in [0.15, 0.2) is 0 Å². The number of rotatable bonds is 4. The molecule has 1 N–H and O–H groups in total. The molecule has 2 aromatic carbocycles. The SMILES string of the molecule is O=C(c1cc(Cc2n[nH]c(=O)c3ccccc23)ccc1F)N1CCC2(C1)CN(C(=O)C1CC1)C2. The van der Waals surface area contributed by atoms with Crippen LogP contribution in [0.5, 0.6) is 0 Å². The van der Waals surface area contributed by atoms with E-state index >= 15 is 0 Å². The maximum atomic E-state index is 14.7. The Morgan fingerprint density at radius 1 is 1.06 bits per heavy atom. The van der Waals surface area contributed by atoms with Crippen LogP contribution >= 0.6 is 0 Å². The van der Waals surface area contributed by atoms with Crippen molar-refractivity contribution < 1.29 is 14.0 Å². The molecule has 8 heteroatoms. The molecule has 0 unspecified atom stereocenters. The normalized spacial score (nSPS) is 19.0. The highest BCUT2D eigenvalue weighted by Crippen LogP contribution is 2.43. The van der Waals surface area contributed by atoms with Gasteiger partial charge in [-0.2, -0.15) is 5.10 Å². The van der Waals surface area contributed by atoms with Gasteiger partial charge in [-0.3, -0.25) is 14.4 Å². The largest absolute Gasteiger partial charge is 0.341 e. The summed E-state index contributed by atoms with van der Waals surface area (Å²) >= 11 is 0. The molecule has 2 aliphatic heterocycles. The molecule has 6 rings (SSSR count). The van der Waals surface area contributed by atoms with Crippen molar-refractivity contribution >= 4 is 22.6 Å². The van der Waals surface area contributed by atoms with E-state index in [1.807, 2.05) is 17.0 Å². The molecule has 1 saturated carbocycles. The molecule has 7 nitrogen and oxygen atoms in total. The van der Waals surface area contributed by atoms with E-state index in [2.05, 4.69) is 10.2 Å². The van der Waals surface area contributed by atoms with E-state index in [-0.39, 0.29) is 34.3 Å². The van der Waals surface area contributed by atoms with Gasteiger partial charge in [0.25, 0.3) is 11.5 Å². The number of hydrogen-bond acceptors (Lipinski definition) is 4. The molecule has 1 aliphatic carbocycles. The molecule has 1 aromatic heterocycles. The summed E-state index contributed by atoms with van der Waals surface area (Å²) in [7, 11) is 0. The lowest BCUT2D eigenvalue weighted by Gasteiger charge is -2.48. The first kappa shape index (κ1) is 21.0. The van der Waals surface area contributed by atoms with Gasteiger partial charge >= 0.3 is 0 Å². The summed E-state index contributed by atoms with van der Waals surface area (Å²) in [5, 5.41) is 7.99. The second-order valence-corrected chi connectivity index (χ2v) is 9.98. The van der Waals surface area contributed by atoms with Crippen LogP contribution in [0, 0.1) is 17.2 Å². The first-order chi connectivity index (χ1) is 16.4. The van der Waals surface area contributed by atoms with Crippen LogP contribution in [-0.4, -0.2) is 58.0 Å². The number of carbonyl (C=O) groups excluding carboxylic acids is 2. The van der Waals surface area contributed by atoms with Gasteiger partial charge in [0.05, 0.1) is 16.6 Å². The summed E-state index contributed by atoms with van der Waals surface area (Å²) in [4.78, 5) is 41.2. The van der Waals surface area contributed by atoms with Crippen LogP contribution in [-0.2, 0) is 11.2 Å². The number of amides is 2. The molecule has 174 valence electrons. The van der Waals surface area contributed by atoms with Crippen LogP contribution in [0.3, 0.4) is 0 Å². The summed E-state index contributed by atoms with van der Waals surface area (Å²) in [6, 6.07) is 11.8. The van der Waals surface area contributed by atoms with E-state index < -0.39 is 5.82 Å². The number of fused-ring (bicyclic) bond motifs is 1. The highest BCUT2D eigenvalue weighted by Gasteiger charge is 2.52. The maximum Gasteiger partial charge on any atom is 0.272 e. The van der Waals surface area contributed by atoms with E-state index in [1.165, 1.54) is 6.07 Å². The van der Waals surface area contributed by atoms with Crippen molar-refractivity contribution in [3.63, 3.8) is 0 Å². The van der Waals surface area contributed by atoms with Crippen LogP contribution in [0.1, 0.15) is 40.9 Å². The lowest BCUT2D eigenvalue weighted by molar-refractivity contribution is -0.144. The Balaban J connectivity index is 1.19. The highest BCUT2D eigenvalue weighted by molar-refractivity contribution is 5.95. The van der Waals surface area contributed by atoms with E-state index in [9.17, 15) is 18.8 Å². The molecule has 2 saturated heterocycles. The van der Waals surface area contributed by atoms with E-state index in [0.29, 0.717) is 43.7 Å². The second kappa shape index (κ2) is 7.75. The van der Waals surface area contributed by atoms with Crippen molar-refractivity contribution in [2.24, 2.45) is 11.3 Å². The molecule has 3 aromatic rings. The molecule has 0 atom stereocenters. The number of H-pyrrole nitrogens is 1. The Hall–Kier alpha value is -3.55. The topological polar surface area (TPSA) is 86.4 Å². The number of benzene rings is 2. The molecule has 34 heavy (non-hydrogen) atoms. The van der Waals surface area contributed by atoms with E-state index in [4.69, 9.17) is 0 Å². The summed E-state index contributed by atoms with van der Waals surface area (Å²) in [6.45, 7) is 2.51. The molecule has 1 spiro atoms. The molecule has 3 fully saturated rings. The van der Waals surface area contributed by atoms with Crippen molar-refractivity contribution in [1.29, 1.82) is 0 Å². The Kier molecular flexibility index (Phi) is 4.79. The molecular weight excluding hydrogens is 435 g/mol. The lowest BCUT2D eigenvalue weighted by Crippen LogP contribution is -2.60. The first-order valence-corrected chi connectivity index (χ1v) is 11.8. The molecule has 3 heterocycles. The van der Waals surface area contributed by atoms with Gasteiger partial charge in [0.1, 0.15) is 5.82 Å². The minimum absolute atomic E-state index is 0.0486. The number of likely N-dealkylation sites (tertiary alicyclic amines) is 2. The fourth-order valence-electron chi connectivity index (χ4n) is 5.39. The number of nitrogens with one attached hydrogen (secondary N) is 1. The van der Waals surface area contributed by atoms with Crippen LogP contribution in [0.2, 0.25) is 0 Å². The lowest BCUT2D eigenvalue weighted by atomic mass is 9.79. The third-order valence-electron chi connectivity index (χ3n) is 7.42. The zero-order valence-corrected chi connectivity index (χ0v) is 18.7. The average molecular weight is 461 g/mol. The number of aromatic amines is 1. The van der Waals surface area contributed by atoms with Gasteiger partial charge in [-0.1, -0.05) is 24.3 Å². The summed E-state index contributed by atoms with van der Waals surface area (Å²) in [6.07, 6.45) is 3.18.